The van der Waals surface area contributed by atoms with E-state index in [9.17, 15) is 18.0 Å². The third kappa shape index (κ3) is 4.53. The number of nitrogens with one attached hydrogen (secondary N) is 1. The second-order valence-electron chi connectivity index (χ2n) is 4.58. The number of rotatable bonds is 3. The largest absolute Gasteiger partial charge is 0.434 e. The fraction of sp³-hybridized carbons (Fsp3) is 0.636. The summed E-state index contributed by atoms with van der Waals surface area (Å²) in [5, 5.41) is 3.66. The SMILES string of the molecule is Cl.NC1(C(=O)NCc2nc(C(F)(F)F)cs2)CCOCC1. The van der Waals surface area contributed by atoms with E-state index in [-0.39, 0.29) is 29.9 Å². The molecule has 3 N–H and O–H groups in total. The first-order valence-electron chi connectivity index (χ1n) is 5.98. The van der Waals surface area contributed by atoms with Crippen molar-refractivity contribution in [3.63, 3.8) is 0 Å². The van der Waals surface area contributed by atoms with Gasteiger partial charge in [-0.1, -0.05) is 0 Å². The van der Waals surface area contributed by atoms with Crippen molar-refractivity contribution in [3.8, 4) is 0 Å². The number of hydrogen-bond donors (Lipinski definition) is 2. The highest BCUT2D eigenvalue weighted by molar-refractivity contribution is 7.09. The maximum Gasteiger partial charge on any atom is 0.434 e. The lowest BCUT2D eigenvalue weighted by Gasteiger charge is -2.31. The molecule has 10 heteroatoms. The number of carbonyl (C=O) groups excluding carboxylic acids is 1. The fourth-order valence-corrected chi connectivity index (χ4v) is 2.56. The van der Waals surface area contributed by atoms with Gasteiger partial charge in [-0.05, 0) is 12.8 Å². The van der Waals surface area contributed by atoms with E-state index >= 15 is 0 Å². The van der Waals surface area contributed by atoms with E-state index < -0.39 is 17.4 Å². The van der Waals surface area contributed by atoms with Crippen molar-refractivity contribution in [2.45, 2.75) is 31.1 Å². The number of nitrogens with zero attached hydrogens (tertiary/aromatic N) is 1. The molecule has 0 atom stereocenters. The standard InChI is InChI=1S/C11H14F3N3O2S.ClH/c12-11(13,14)7-6-20-8(17-7)5-16-9(18)10(15)1-3-19-4-2-10;/h6H,1-5,15H2,(H,16,18);1H. The lowest BCUT2D eigenvalue weighted by molar-refractivity contribution is -0.140. The summed E-state index contributed by atoms with van der Waals surface area (Å²) in [6, 6.07) is 0. The number of hydrogen-bond acceptors (Lipinski definition) is 5. The van der Waals surface area contributed by atoms with Crippen LogP contribution in [-0.2, 0) is 22.3 Å². The van der Waals surface area contributed by atoms with Crippen LogP contribution < -0.4 is 11.1 Å². The van der Waals surface area contributed by atoms with Crippen LogP contribution >= 0.6 is 23.7 Å². The van der Waals surface area contributed by atoms with Crippen molar-refractivity contribution in [1.29, 1.82) is 0 Å². The van der Waals surface area contributed by atoms with Crippen LogP contribution in [0.1, 0.15) is 23.5 Å². The fourth-order valence-electron chi connectivity index (χ4n) is 1.82. The molecule has 1 amide bonds. The molecule has 1 fully saturated rings. The van der Waals surface area contributed by atoms with E-state index in [4.69, 9.17) is 10.5 Å². The number of nitrogens with two attached hydrogens (primary N) is 1. The maximum absolute atomic E-state index is 12.4. The molecule has 1 aromatic rings. The molecule has 0 unspecified atom stereocenters. The third-order valence-corrected chi connectivity index (χ3v) is 3.93. The third-order valence-electron chi connectivity index (χ3n) is 3.08. The van der Waals surface area contributed by atoms with Gasteiger partial charge >= 0.3 is 6.18 Å². The van der Waals surface area contributed by atoms with E-state index in [0.29, 0.717) is 26.1 Å². The first-order chi connectivity index (χ1) is 9.31. The van der Waals surface area contributed by atoms with Gasteiger partial charge < -0.3 is 15.8 Å². The summed E-state index contributed by atoms with van der Waals surface area (Å²) in [7, 11) is 0. The summed E-state index contributed by atoms with van der Waals surface area (Å²) in [6.45, 7) is 0.748. The van der Waals surface area contributed by atoms with Gasteiger partial charge in [-0.25, -0.2) is 4.98 Å². The molecule has 1 aromatic heterocycles. The minimum atomic E-state index is -4.46. The summed E-state index contributed by atoms with van der Waals surface area (Å²) < 4.78 is 42.2. The van der Waals surface area contributed by atoms with Crippen molar-refractivity contribution in [1.82, 2.24) is 10.3 Å². The summed E-state index contributed by atoms with van der Waals surface area (Å²) in [5.41, 5.74) is 4.00. The van der Waals surface area contributed by atoms with Gasteiger partial charge in [0.25, 0.3) is 0 Å². The number of ether oxygens (including phenoxy) is 1. The molecule has 1 saturated heterocycles. The van der Waals surface area contributed by atoms with Crippen molar-refractivity contribution in [2.75, 3.05) is 13.2 Å². The molecule has 1 aliphatic rings. The monoisotopic (exact) mass is 345 g/mol. The Balaban J connectivity index is 0.00000220. The summed E-state index contributed by atoms with van der Waals surface area (Å²) >= 11 is 0.853. The molecule has 0 bridgehead atoms. The van der Waals surface area contributed by atoms with E-state index in [2.05, 4.69) is 10.3 Å². The normalized spacial score (nSPS) is 17.9. The predicted molar refractivity (Wildman–Crippen MR) is 73.2 cm³/mol. The van der Waals surface area contributed by atoms with Crippen LogP contribution in [0, 0.1) is 0 Å². The van der Waals surface area contributed by atoms with Gasteiger partial charge in [0.1, 0.15) is 5.01 Å². The van der Waals surface area contributed by atoms with Gasteiger partial charge in [0, 0.05) is 18.6 Å². The highest BCUT2D eigenvalue weighted by atomic mass is 35.5. The molecule has 0 saturated carbocycles. The van der Waals surface area contributed by atoms with Gasteiger partial charge in [0.05, 0.1) is 12.1 Å². The minimum absolute atomic E-state index is 0. The Labute approximate surface area is 129 Å². The van der Waals surface area contributed by atoms with Crippen molar-refractivity contribution in [2.24, 2.45) is 5.73 Å². The van der Waals surface area contributed by atoms with Gasteiger partial charge in [-0.15, -0.1) is 23.7 Å². The van der Waals surface area contributed by atoms with Crippen LogP contribution in [0.2, 0.25) is 0 Å². The Morgan fingerprint density at radius 2 is 2.10 bits per heavy atom. The zero-order valence-corrected chi connectivity index (χ0v) is 12.5. The molecular formula is C11H15ClF3N3O2S. The molecular weight excluding hydrogens is 331 g/mol. The van der Waals surface area contributed by atoms with E-state index in [0.717, 1.165) is 16.7 Å². The highest BCUT2D eigenvalue weighted by Crippen LogP contribution is 2.30. The Hall–Kier alpha value is -0.900. The Kier molecular flexibility index (Phi) is 5.97. The number of thiazole rings is 1. The minimum Gasteiger partial charge on any atom is -0.381 e. The van der Waals surface area contributed by atoms with Gasteiger partial charge in [-0.3, -0.25) is 4.79 Å². The predicted octanol–water partition coefficient (Wildman–Crippen LogP) is 1.71. The zero-order chi connectivity index (χ0) is 14.8. The number of halogens is 4. The average Bonchev–Trinajstić information content (AvgIpc) is 2.85. The quantitative estimate of drug-likeness (QED) is 0.874. The van der Waals surface area contributed by atoms with E-state index in [1.54, 1.807) is 0 Å². The zero-order valence-electron chi connectivity index (χ0n) is 10.9. The lowest BCUT2D eigenvalue weighted by atomic mass is 9.90. The van der Waals surface area contributed by atoms with Crippen molar-refractivity contribution >= 4 is 29.7 Å². The first kappa shape index (κ1) is 18.1. The summed E-state index contributed by atoms with van der Waals surface area (Å²) in [4.78, 5) is 15.4. The molecule has 0 spiro atoms. The average molecular weight is 346 g/mol. The molecule has 0 aliphatic carbocycles. The lowest BCUT2D eigenvalue weighted by Crippen LogP contribution is -2.56. The molecule has 0 radical (unpaired) electrons. The van der Waals surface area contributed by atoms with Gasteiger partial charge in [0.15, 0.2) is 5.69 Å². The molecule has 120 valence electrons. The molecule has 2 heterocycles. The van der Waals surface area contributed by atoms with Crippen molar-refractivity contribution < 1.29 is 22.7 Å². The molecule has 1 aliphatic heterocycles. The molecule has 21 heavy (non-hydrogen) atoms. The Morgan fingerprint density at radius 1 is 1.48 bits per heavy atom. The van der Waals surface area contributed by atoms with Gasteiger partial charge in [-0.2, -0.15) is 13.2 Å². The number of carbonyl (C=O) groups is 1. The topological polar surface area (TPSA) is 77.2 Å². The Bertz CT molecular complexity index is 489. The first-order valence-corrected chi connectivity index (χ1v) is 6.86. The van der Waals surface area contributed by atoms with Crippen LogP contribution in [0.4, 0.5) is 13.2 Å². The molecule has 0 aromatic carbocycles. The maximum atomic E-state index is 12.4. The second-order valence-corrected chi connectivity index (χ2v) is 5.52. The summed E-state index contributed by atoms with van der Waals surface area (Å²) in [5.74, 6) is -0.385. The van der Waals surface area contributed by atoms with E-state index in [1.165, 1.54) is 0 Å². The summed E-state index contributed by atoms with van der Waals surface area (Å²) in [6.07, 6.45) is -3.68. The Morgan fingerprint density at radius 3 is 2.62 bits per heavy atom. The van der Waals surface area contributed by atoms with Crippen LogP contribution in [0.5, 0.6) is 0 Å². The van der Waals surface area contributed by atoms with Crippen LogP contribution in [-0.4, -0.2) is 29.6 Å². The number of alkyl halides is 3. The number of aromatic nitrogens is 1. The number of amides is 1. The van der Waals surface area contributed by atoms with Crippen molar-refractivity contribution in [3.05, 3.63) is 16.1 Å². The van der Waals surface area contributed by atoms with Gasteiger partial charge in [0.2, 0.25) is 5.91 Å². The van der Waals surface area contributed by atoms with Crippen LogP contribution in [0.15, 0.2) is 5.38 Å². The highest BCUT2D eigenvalue weighted by Gasteiger charge is 2.36. The smallest absolute Gasteiger partial charge is 0.381 e. The van der Waals surface area contributed by atoms with E-state index in [1.807, 2.05) is 0 Å². The van der Waals surface area contributed by atoms with Crippen LogP contribution in [0.3, 0.4) is 0 Å². The van der Waals surface area contributed by atoms with Crippen LogP contribution in [0.25, 0.3) is 0 Å². The second kappa shape index (κ2) is 6.91. The molecule has 5 nitrogen and oxygen atoms in total. The molecule has 2 rings (SSSR count).